The molecule has 190 valence electrons. The highest BCUT2D eigenvalue weighted by Gasteiger charge is 2.32. The molecule has 7 nitrogen and oxygen atoms in total. The molecule has 3 rings (SSSR count). The molecule has 9 heteroatoms. The minimum atomic E-state index is -4.22. The first-order valence-electron chi connectivity index (χ1n) is 11.6. The molecular formula is C27H30FN3O4S. The van der Waals surface area contributed by atoms with Crippen molar-refractivity contribution in [2.45, 2.75) is 44.3 Å². The first kappa shape index (κ1) is 26.9. The van der Waals surface area contributed by atoms with Crippen molar-refractivity contribution in [1.29, 1.82) is 0 Å². The Kier molecular flexibility index (Phi) is 8.82. The van der Waals surface area contributed by atoms with Crippen molar-refractivity contribution in [2.75, 3.05) is 10.8 Å². The molecule has 0 saturated carbocycles. The highest BCUT2D eigenvalue weighted by molar-refractivity contribution is 7.92. The number of carbonyl (C=O) groups excluding carboxylic acids is 2. The summed E-state index contributed by atoms with van der Waals surface area (Å²) in [6.45, 7) is 4.82. The molecule has 36 heavy (non-hydrogen) atoms. The summed E-state index contributed by atoms with van der Waals surface area (Å²) in [5, 5.41) is 2.81. The van der Waals surface area contributed by atoms with E-state index >= 15 is 0 Å². The van der Waals surface area contributed by atoms with Crippen molar-refractivity contribution >= 4 is 27.5 Å². The summed E-state index contributed by atoms with van der Waals surface area (Å²) in [5.41, 5.74) is 1.07. The summed E-state index contributed by atoms with van der Waals surface area (Å²) in [4.78, 5) is 27.7. The van der Waals surface area contributed by atoms with Gasteiger partial charge in [0.25, 0.3) is 10.0 Å². The lowest BCUT2D eigenvalue weighted by Crippen LogP contribution is -2.52. The Labute approximate surface area is 211 Å². The van der Waals surface area contributed by atoms with Gasteiger partial charge in [-0.25, -0.2) is 12.8 Å². The topological polar surface area (TPSA) is 86.8 Å². The minimum absolute atomic E-state index is 0.117. The van der Waals surface area contributed by atoms with Crippen LogP contribution in [0.2, 0.25) is 0 Å². The smallest absolute Gasteiger partial charge is 0.264 e. The number of sulfonamides is 1. The van der Waals surface area contributed by atoms with Crippen LogP contribution in [-0.4, -0.2) is 43.8 Å². The van der Waals surface area contributed by atoms with Gasteiger partial charge in [-0.1, -0.05) is 48.5 Å². The maximum atomic E-state index is 13.7. The molecule has 0 spiro atoms. The van der Waals surface area contributed by atoms with Crippen LogP contribution < -0.4 is 9.62 Å². The molecule has 1 atom stereocenters. The number of hydrogen-bond donors (Lipinski definition) is 1. The third-order valence-corrected chi connectivity index (χ3v) is 7.31. The number of para-hydroxylation sites is 1. The van der Waals surface area contributed by atoms with Gasteiger partial charge in [0.2, 0.25) is 11.8 Å². The second-order valence-corrected chi connectivity index (χ2v) is 10.5. The van der Waals surface area contributed by atoms with E-state index in [1.165, 1.54) is 4.90 Å². The molecule has 0 aliphatic heterocycles. The number of benzene rings is 3. The van der Waals surface area contributed by atoms with E-state index in [4.69, 9.17) is 0 Å². The largest absolute Gasteiger partial charge is 0.352 e. The third-order valence-electron chi connectivity index (χ3n) is 5.52. The lowest BCUT2D eigenvalue weighted by molar-refractivity contribution is -0.139. The fraction of sp³-hybridized carbons (Fsp3) is 0.259. The van der Waals surface area contributed by atoms with Crippen LogP contribution in [0.5, 0.6) is 0 Å². The molecule has 1 N–H and O–H groups in total. The van der Waals surface area contributed by atoms with Crippen molar-refractivity contribution in [3.63, 3.8) is 0 Å². The van der Waals surface area contributed by atoms with Crippen LogP contribution in [0.4, 0.5) is 10.1 Å². The summed E-state index contributed by atoms with van der Waals surface area (Å²) in [6, 6.07) is 20.8. The predicted molar refractivity (Wildman–Crippen MR) is 137 cm³/mol. The molecule has 3 aromatic rings. The van der Waals surface area contributed by atoms with E-state index in [0.717, 1.165) is 34.1 Å². The average Bonchev–Trinajstić information content (AvgIpc) is 2.86. The van der Waals surface area contributed by atoms with E-state index in [0.29, 0.717) is 0 Å². The summed E-state index contributed by atoms with van der Waals surface area (Å²) < 4.78 is 41.6. The molecule has 0 heterocycles. The maximum absolute atomic E-state index is 13.7. The molecular weight excluding hydrogens is 481 g/mol. The number of nitrogens with zero attached hydrogens (tertiary/aromatic N) is 2. The van der Waals surface area contributed by atoms with Gasteiger partial charge >= 0.3 is 0 Å². The zero-order valence-corrected chi connectivity index (χ0v) is 21.3. The Morgan fingerprint density at radius 2 is 1.42 bits per heavy atom. The number of nitrogens with one attached hydrogen (secondary N) is 1. The Bertz CT molecular complexity index is 1270. The first-order chi connectivity index (χ1) is 17.1. The molecule has 0 fully saturated rings. The van der Waals surface area contributed by atoms with Gasteiger partial charge in [-0.05, 0) is 62.7 Å². The second-order valence-electron chi connectivity index (χ2n) is 8.65. The SMILES string of the molecule is CC(C)NC(=O)C(C)N(Cc1ccccc1)C(=O)CN(c1ccccc1)S(=O)(=O)c1ccc(F)cc1. The van der Waals surface area contributed by atoms with Crippen LogP contribution in [-0.2, 0) is 26.2 Å². The van der Waals surface area contributed by atoms with Gasteiger partial charge in [0.05, 0.1) is 10.6 Å². The molecule has 2 amide bonds. The predicted octanol–water partition coefficient (Wildman–Crippen LogP) is 3.96. The number of halogens is 1. The molecule has 0 aromatic heterocycles. The lowest BCUT2D eigenvalue weighted by atomic mass is 10.1. The van der Waals surface area contributed by atoms with Crippen LogP contribution in [0.25, 0.3) is 0 Å². The van der Waals surface area contributed by atoms with Gasteiger partial charge in [-0.2, -0.15) is 0 Å². The third kappa shape index (κ3) is 6.69. The van der Waals surface area contributed by atoms with Gasteiger partial charge in [0.15, 0.2) is 0 Å². The number of hydrogen-bond acceptors (Lipinski definition) is 4. The van der Waals surface area contributed by atoms with Gasteiger partial charge in [0.1, 0.15) is 18.4 Å². The van der Waals surface area contributed by atoms with Crippen LogP contribution in [0.1, 0.15) is 26.3 Å². The zero-order chi connectivity index (χ0) is 26.3. The van der Waals surface area contributed by atoms with E-state index in [-0.39, 0.29) is 29.1 Å². The highest BCUT2D eigenvalue weighted by atomic mass is 32.2. The summed E-state index contributed by atoms with van der Waals surface area (Å²) in [7, 11) is -4.22. The zero-order valence-electron chi connectivity index (χ0n) is 20.5. The molecule has 0 saturated heterocycles. The standard InChI is InChI=1S/C27H30FN3O4S/c1-20(2)29-27(33)21(3)30(18-22-10-6-4-7-11-22)26(32)19-31(24-12-8-5-9-13-24)36(34,35)25-16-14-23(28)15-17-25/h4-17,20-21H,18-19H2,1-3H3,(H,29,33). The number of anilines is 1. The van der Waals surface area contributed by atoms with Gasteiger partial charge in [-0.15, -0.1) is 0 Å². The maximum Gasteiger partial charge on any atom is 0.264 e. The fourth-order valence-electron chi connectivity index (χ4n) is 3.62. The molecule has 0 bridgehead atoms. The van der Waals surface area contributed by atoms with Gasteiger partial charge in [0, 0.05) is 12.6 Å². The van der Waals surface area contributed by atoms with Crippen molar-refractivity contribution in [2.24, 2.45) is 0 Å². The van der Waals surface area contributed by atoms with E-state index in [1.54, 1.807) is 37.3 Å². The van der Waals surface area contributed by atoms with E-state index in [1.807, 2.05) is 44.2 Å². The quantitative estimate of drug-likeness (QED) is 0.446. The number of carbonyl (C=O) groups is 2. The van der Waals surface area contributed by atoms with Crippen LogP contribution in [0, 0.1) is 5.82 Å². The highest BCUT2D eigenvalue weighted by Crippen LogP contribution is 2.24. The van der Waals surface area contributed by atoms with Gasteiger partial charge < -0.3 is 10.2 Å². The first-order valence-corrected chi connectivity index (χ1v) is 13.0. The minimum Gasteiger partial charge on any atom is -0.352 e. The molecule has 3 aromatic carbocycles. The Morgan fingerprint density at radius 1 is 0.861 bits per heavy atom. The van der Waals surface area contributed by atoms with Crippen LogP contribution in [0.3, 0.4) is 0 Å². The summed E-state index contributed by atoms with van der Waals surface area (Å²) in [6.07, 6.45) is 0. The second kappa shape index (κ2) is 11.8. The van der Waals surface area contributed by atoms with Crippen molar-refractivity contribution in [3.8, 4) is 0 Å². The van der Waals surface area contributed by atoms with Crippen molar-refractivity contribution < 1.29 is 22.4 Å². The van der Waals surface area contributed by atoms with Crippen LogP contribution in [0.15, 0.2) is 89.8 Å². The molecule has 0 aliphatic rings. The molecule has 1 unspecified atom stereocenters. The monoisotopic (exact) mass is 511 g/mol. The molecule has 0 radical (unpaired) electrons. The lowest BCUT2D eigenvalue weighted by Gasteiger charge is -2.32. The Morgan fingerprint density at radius 3 is 1.97 bits per heavy atom. The number of rotatable bonds is 10. The Hall–Kier alpha value is -3.72. The van der Waals surface area contributed by atoms with E-state index in [2.05, 4.69) is 5.32 Å². The van der Waals surface area contributed by atoms with Crippen LogP contribution >= 0.6 is 0 Å². The average molecular weight is 512 g/mol. The van der Waals surface area contributed by atoms with E-state index < -0.39 is 34.3 Å². The summed E-state index contributed by atoms with van der Waals surface area (Å²) >= 11 is 0. The fourth-order valence-corrected chi connectivity index (χ4v) is 5.04. The van der Waals surface area contributed by atoms with Crippen molar-refractivity contribution in [1.82, 2.24) is 10.2 Å². The normalized spacial score (nSPS) is 12.1. The number of amides is 2. The van der Waals surface area contributed by atoms with Crippen molar-refractivity contribution in [3.05, 3.63) is 96.3 Å². The van der Waals surface area contributed by atoms with E-state index in [9.17, 15) is 22.4 Å². The Balaban J connectivity index is 1.99. The van der Waals surface area contributed by atoms with Gasteiger partial charge in [-0.3, -0.25) is 13.9 Å². The molecule has 0 aliphatic carbocycles. The summed E-state index contributed by atoms with van der Waals surface area (Å²) in [5.74, 6) is -1.47.